The van der Waals surface area contributed by atoms with Crippen LogP contribution in [-0.4, -0.2) is 30.5 Å². The molecule has 1 amide bonds. The van der Waals surface area contributed by atoms with E-state index in [1.165, 1.54) is 6.42 Å². The van der Waals surface area contributed by atoms with E-state index in [4.69, 9.17) is 23.2 Å². The minimum Gasteiger partial charge on any atom is -0.345 e. The number of carbonyl (C=O) groups is 1. The van der Waals surface area contributed by atoms with Crippen molar-refractivity contribution in [3.05, 3.63) is 62.9 Å². The number of rotatable bonds is 5. The quantitative estimate of drug-likeness (QED) is 0.664. The largest absolute Gasteiger partial charge is 0.345 e. The molecule has 0 fully saturated rings. The molecule has 3 aromatic rings. The molecule has 9 heteroatoms. The summed E-state index contributed by atoms with van der Waals surface area (Å²) in [6, 6.07) is 7.50. The van der Waals surface area contributed by atoms with E-state index >= 15 is 0 Å². The number of aryl methyl sites for hydroxylation is 2. The standard InChI is InChI=1S/C20H22Cl2N6O/c1-13-18(19(22)28(26-13)12-14-7-4-5-8-15(14)21)20(29)23-11-17-25-24-16-9-3-2-6-10-27(16)17/h4-5,7-8H,2-3,6,9-12H2,1H3,(H,23,29). The predicted octanol–water partition coefficient (Wildman–Crippen LogP) is 3.79. The zero-order valence-corrected chi connectivity index (χ0v) is 17.7. The lowest BCUT2D eigenvalue weighted by molar-refractivity contribution is 0.0949. The molecule has 0 spiro atoms. The number of benzene rings is 1. The van der Waals surface area contributed by atoms with E-state index < -0.39 is 0 Å². The summed E-state index contributed by atoms with van der Waals surface area (Å²) in [5.41, 5.74) is 1.82. The molecule has 152 valence electrons. The van der Waals surface area contributed by atoms with Gasteiger partial charge in [0.2, 0.25) is 0 Å². The molecule has 1 aromatic carbocycles. The second kappa shape index (κ2) is 8.55. The molecular formula is C20H22Cl2N6O. The minimum atomic E-state index is -0.274. The Balaban J connectivity index is 1.49. The fourth-order valence-electron chi connectivity index (χ4n) is 3.63. The number of hydrogen-bond donors (Lipinski definition) is 1. The van der Waals surface area contributed by atoms with Crippen LogP contribution in [0.5, 0.6) is 0 Å². The molecule has 3 heterocycles. The molecule has 1 N–H and O–H groups in total. The lowest BCUT2D eigenvalue weighted by atomic mass is 10.2. The Kier molecular flexibility index (Phi) is 5.87. The van der Waals surface area contributed by atoms with E-state index in [0.717, 1.165) is 43.0 Å². The molecule has 1 aliphatic rings. The fourth-order valence-corrected chi connectivity index (χ4v) is 4.14. The highest BCUT2D eigenvalue weighted by Gasteiger charge is 2.22. The van der Waals surface area contributed by atoms with Crippen LogP contribution in [0.15, 0.2) is 24.3 Å². The van der Waals surface area contributed by atoms with Gasteiger partial charge < -0.3 is 9.88 Å². The molecule has 0 aliphatic carbocycles. The summed E-state index contributed by atoms with van der Waals surface area (Å²) in [5, 5.41) is 16.8. The molecule has 1 aliphatic heterocycles. The van der Waals surface area contributed by atoms with Gasteiger partial charge in [0, 0.05) is 18.0 Å². The summed E-state index contributed by atoms with van der Waals surface area (Å²) in [5.74, 6) is 1.49. The van der Waals surface area contributed by atoms with Crippen molar-refractivity contribution in [2.24, 2.45) is 0 Å². The van der Waals surface area contributed by atoms with Gasteiger partial charge in [0.25, 0.3) is 5.91 Å². The van der Waals surface area contributed by atoms with Crippen LogP contribution in [-0.2, 0) is 26.1 Å². The highest BCUT2D eigenvalue weighted by molar-refractivity contribution is 6.33. The average Bonchev–Trinajstić information content (AvgIpc) is 3.10. The Morgan fingerprint density at radius 3 is 2.83 bits per heavy atom. The zero-order valence-electron chi connectivity index (χ0n) is 16.2. The van der Waals surface area contributed by atoms with Gasteiger partial charge in [-0.25, -0.2) is 4.68 Å². The van der Waals surface area contributed by atoms with Crippen LogP contribution >= 0.6 is 23.2 Å². The Labute approximate surface area is 179 Å². The third-order valence-corrected chi connectivity index (χ3v) is 5.92. The highest BCUT2D eigenvalue weighted by Crippen LogP contribution is 2.23. The van der Waals surface area contributed by atoms with E-state index in [1.807, 2.05) is 24.3 Å². The third-order valence-electron chi connectivity index (χ3n) is 5.16. The number of hydrogen-bond acceptors (Lipinski definition) is 4. The number of aromatic nitrogens is 5. The van der Waals surface area contributed by atoms with Gasteiger partial charge in [0.05, 0.1) is 24.3 Å². The van der Waals surface area contributed by atoms with Crippen molar-refractivity contribution in [3.8, 4) is 0 Å². The van der Waals surface area contributed by atoms with Crippen LogP contribution in [0.3, 0.4) is 0 Å². The molecule has 2 aromatic heterocycles. The van der Waals surface area contributed by atoms with Gasteiger partial charge in [-0.15, -0.1) is 10.2 Å². The van der Waals surface area contributed by atoms with Gasteiger partial charge in [0.15, 0.2) is 5.82 Å². The average molecular weight is 433 g/mol. The summed E-state index contributed by atoms with van der Waals surface area (Å²) >= 11 is 12.7. The number of amides is 1. The first kappa shape index (κ1) is 19.9. The van der Waals surface area contributed by atoms with Crippen LogP contribution in [0.25, 0.3) is 0 Å². The van der Waals surface area contributed by atoms with Crippen molar-refractivity contribution in [1.29, 1.82) is 0 Å². The number of fused-ring (bicyclic) bond motifs is 1. The Bertz CT molecular complexity index is 1040. The number of carbonyl (C=O) groups excluding carboxylic acids is 1. The van der Waals surface area contributed by atoms with Crippen LogP contribution in [0.2, 0.25) is 10.2 Å². The Morgan fingerprint density at radius 2 is 2.00 bits per heavy atom. The van der Waals surface area contributed by atoms with E-state index in [0.29, 0.717) is 34.5 Å². The molecule has 0 saturated carbocycles. The van der Waals surface area contributed by atoms with Crippen LogP contribution in [0.4, 0.5) is 0 Å². The monoisotopic (exact) mass is 432 g/mol. The maximum atomic E-state index is 12.8. The molecule has 0 bridgehead atoms. The highest BCUT2D eigenvalue weighted by atomic mass is 35.5. The van der Waals surface area contributed by atoms with Crippen LogP contribution < -0.4 is 5.32 Å². The normalized spacial score (nSPS) is 13.8. The summed E-state index contributed by atoms with van der Waals surface area (Å²) in [7, 11) is 0. The number of nitrogens with one attached hydrogen (secondary N) is 1. The van der Waals surface area contributed by atoms with Crippen molar-refractivity contribution < 1.29 is 4.79 Å². The van der Waals surface area contributed by atoms with Gasteiger partial charge in [-0.05, 0) is 31.4 Å². The van der Waals surface area contributed by atoms with E-state index in [9.17, 15) is 4.79 Å². The van der Waals surface area contributed by atoms with Crippen molar-refractivity contribution in [3.63, 3.8) is 0 Å². The van der Waals surface area contributed by atoms with Crippen molar-refractivity contribution >= 4 is 29.1 Å². The smallest absolute Gasteiger partial charge is 0.256 e. The lowest BCUT2D eigenvalue weighted by Gasteiger charge is -2.08. The first-order chi connectivity index (χ1) is 14.0. The summed E-state index contributed by atoms with van der Waals surface area (Å²) in [6.07, 6.45) is 4.35. The molecule has 7 nitrogen and oxygen atoms in total. The molecule has 0 atom stereocenters. The fraction of sp³-hybridized carbons (Fsp3) is 0.400. The molecular weight excluding hydrogens is 411 g/mol. The molecule has 0 saturated heterocycles. The molecule has 0 unspecified atom stereocenters. The van der Waals surface area contributed by atoms with Gasteiger partial charge in [0.1, 0.15) is 11.0 Å². The Hall–Kier alpha value is -2.38. The van der Waals surface area contributed by atoms with Crippen LogP contribution in [0.1, 0.15) is 52.5 Å². The first-order valence-corrected chi connectivity index (χ1v) is 10.5. The summed E-state index contributed by atoms with van der Waals surface area (Å²) < 4.78 is 3.71. The SMILES string of the molecule is Cc1nn(Cc2ccccc2Cl)c(Cl)c1C(=O)NCc1nnc2n1CCCCC2. The number of nitrogens with zero attached hydrogens (tertiary/aromatic N) is 5. The lowest BCUT2D eigenvalue weighted by Crippen LogP contribution is -2.25. The second-order valence-corrected chi connectivity index (χ2v) is 7.94. The van der Waals surface area contributed by atoms with Crippen molar-refractivity contribution in [1.82, 2.24) is 29.9 Å². The van der Waals surface area contributed by atoms with E-state index in [-0.39, 0.29) is 5.91 Å². The van der Waals surface area contributed by atoms with E-state index in [1.54, 1.807) is 11.6 Å². The molecule has 29 heavy (non-hydrogen) atoms. The molecule has 0 radical (unpaired) electrons. The van der Waals surface area contributed by atoms with Gasteiger partial charge in [-0.3, -0.25) is 4.79 Å². The Morgan fingerprint density at radius 1 is 1.17 bits per heavy atom. The van der Waals surface area contributed by atoms with Crippen LogP contribution in [0, 0.1) is 6.92 Å². The topological polar surface area (TPSA) is 77.6 Å². The zero-order chi connectivity index (χ0) is 20.4. The maximum absolute atomic E-state index is 12.8. The summed E-state index contributed by atoms with van der Waals surface area (Å²) in [4.78, 5) is 12.8. The second-order valence-electron chi connectivity index (χ2n) is 7.18. The van der Waals surface area contributed by atoms with E-state index in [2.05, 4.69) is 25.2 Å². The third kappa shape index (κ3) is 4.16. The van der Waals surface area contributed by atoms with Gasteiger partial charge >= 0.3 is 0 Å². The number of halogens is 2. The first-order valence-electron chi connectivity index (χ1n) is 9.70. The molecule has 4 rings (SSSR count). The van der Waals surface area contributed by atoms with Gasteiger partial charge in [-0.2, -0.15) is 5.10 Å². The van der Waals surface area contributed by atoms with Crippen molar-refractivity contribution in [2.45, 2.75) is 52.2 Å². The maximum Gasteiger partial charge on any atom is 0.256 e. The summed E-state index contributed by atoms with van der Waals surface area (Å²) in [6.45, 7) is 3.36. The predicted molar refractivity (Wildman–Crippen MR) is 111 cm³/mol. The minimum absolute atomic E-state index is 0.274. The van der Waals surface area contributed by atoms with Crippen molar-refractivity contribution in [2.75, 3.05) is 0 Å². The van der Waals surface area contributed by atoms with Gasteiger partial charge in [-0.1, -0.05) is 47.8 Å².